The van der Waals surface area contributed by atoms with Gasteiger partial charge in [0.25, 0.3) is 0 Å². The predicted octanol–water partition coefficient (Wildman–Crippen LogP) is 3.11. The topological polar surface area (TPSA) is 121 Å². The summed E-state index contributed by atoms with van der Waals surface area (Å²) in [6.07, 6.45) is 6.63. The normalized spacial score (nSPS) is 15.7. The number of aromatic nitrogens is 1. The van der Waals surface area contributed by atoms with Gasteiger partial charge < -0.3 is 20.9 Å². The van der Waals surface area contributed by atoms with E-state index in [2.05, 4.69) is 51.8 Å². The lowest BCUT2D eigenvalue weighted by Crippen LogP contribution is -2.50. The minimum Gasteiger partial charge on any atom is -0.332 e. The van der Waals surface area contributed by atoms with Gasteiger partial charge in [0.15, 0.2) is 0 Å². The first-order chi connectivity index (χ1) is 21.4. The molecule has 3 aromatic rings. The number of nitrogens with one attached hydrogen (secondary N) is 2. The number of rotatable bonds is 16. The lowest BCUT2D eigenvalue weighted by molar-refractivity contribution is -0.139. The van der Waals surface area contributed by atoms with Crippen LogP contribution in [-0.2, 0) is 20.8 Å². The summed E-state index contributed by atoms with van der Waals surface area (Å²) in [5.41, 5.74) is 9.58. The zero-order valence-electron chi connectivity index (χ0n) is 25.7. The van der Waals surface area contributed by atoms with Gasteiger partial charge in [-0.2, -0.15) is 0 Å². The van der Waals surface area contributed by atoms with Crippen molar-refractivity contribution in [3.8, 4) is 0 Å². The first-order valence-corrected chi connectivity index (χ1v) is 15.7. The van der Waals surface area contributed by atoms with Gasteiger partial charge in [0.1, 0.15) is 0 Å². The Morgan fingerprint density at radius 3 is 2.25 bits per heavy atom. The molecule has 4 rings (SSSR count). The zero-order valence-corrected chi connectivity index (χ0v) is 25.7. The van der Waals surface area contributed by atoms with E-state index >= 15 is 0 Å². The molecule has 2 atom stereocenters. The van der Waals surface area contributed by atoms with Crippen LogP contribution in [0.2, 0.25) is 0 Å². The molecular weight excluding hydrogens is 552 g/mol. The van der Waals surface area contributed by atoms with Gasteiger partial charge in [0.05, 0.1) is 19.1 Å². The Kier molecular flexibility index (Phi) is 13.0. The maximum Gasteiger partial charge on any atom is 0.246 e. The molecule has 3 amide bonds. The molecular formula is C35H46N6O3. The molecule has 2 aromatic carbocycles. The summed E-state index contributed by atoms with van der Waals surface area (Å²) in [6, 6.07) is 25.9. The molecule has 4 N–H and O–H groups in total. The highest BCUT2D eigenvalue weighted by molar-refractivity contribution is 5.98. The Hall–Kier alpha value is -3.92. The van der Waals surface area contributed by atoms with E-state index in [1.54, 1.807) is 6.20 Å². The number of likely N-dealkylation sites (tertiary alicyclic amines) is 1. The SMILES string of the molecule is CN1CCCC1CCC(N)C(=O)N(CCc1ccccn1)CC(=O)NC(=O)CNCCC(c1ccccc1)c1ccccc1. The molecule has 9 nitrogen and oxygen atoms in total. The average molecular weight is 599 g/mol. The summed E-state index contributed by atoms with van der Waals surface area (Å²) in [6.45, 7) is 1.70. The van der Waals surface area contributed by atoms with Crippen LogP contribution < -0.4 is 16.4 Å². The quantitative estimate of drug-likeness (QED) is 0.217. The highest BCUT2D eigenvalue weighted by Crippen LogP contribution is 2.27. The van der Waals surface area contributed by atoms with Gasteiger partial charge in [-0.25, -0.2) is 0 Å². The molecule has 1 aromatic heterocycles. The Morgan fingerprint density at radius 1 is 0.955 bits per heavy atom. The first kappa shape index (κ1) is 33.0. The molecule has 0 radical (unpaired) electrons. The number of pyridine rings is 1. The number of hydrogen-bond acceptors (Lipinski definition) is 7. The minimum atomic E-state index is -0.708. The number of hydrogen-bond donors (Lipinski definition) is 3. The van der Waals surface area contributed by atoms with Gasteiger partial charge in [-0.15, -0.1) is 0 Å². The molecule has 44 heavy (non-hydrogen) atoms. The van der Waals surface area contributed by atoms with E-state index < -0.39 is 17.9 Å². The second-order valence-electron chi connectivity index (χ2n) is 11.6. The Morgan fingerprint density at radius 2 is 1.64 bits per heavy atom. The fourth-order valence-electron chi connectivity index (χ4n) is 5.89. The fourth-order valence-corrected chi connectivity index (χ4v) is 5.89. The van der Waals surface area contributed by atoms with Crippen molar-refractivity contribution in [2.45, 2.75) is 56.5 Å². The number of nitrogens with zero attached hydrogens (tertiary/aromatic N) is 3. The maximum atomic E-state index is 13.4. The third kappa shape index (κ3) is 10.4. The lowest BCUT2D eigenvalue weighted by Gasteiger charge is -2.26. The van der Waals surface area contributed by atoms with Crippen LogP contribution in [0.4, 0.5) is 0 Å². The molecule has 0 aliphatic carbocycles. The second-order valence-corrected chi connectivity index (χ2v) is 11.6. The predicted molar refractivity (Wildman–Crippen MR) is 173 cm³/mol. The molecule has 2 unspecified atom stereocenters. The highest BCUT2D eigenvalue weighted by atomic mass is 16.2. The number of benzene rings is 2. The standard InChI is InChI=1S/C35H46N6O3/c1-40-23-10-16-30(40)17-18-32(36)35(44)41(24-20-29-15-8-9-21-38-29)26-34(43)39-33(42)25-37-22-19-31(27-11-4-2-5-12-27)28-13-6-3-7-14-28/h2-9,11-15,21,30-32,37H,10,16-20,22-26,36H2,1H3,(H,39,42,43). The maximum absolute atomic E-state index is 13.4. The van der Waals surface area contributed by atoms with Crippen LogP contribution in [0.25, 0.3) is 0 Å². The van der Waals surface area contributed by atoms with E-state index in [1.165, 1.54) is 16.0 Å². The van der Waals surface area contributed by atoms with Gasteiger partial charge >= 0.3 is 0 Å². The Bertz CT molecular complexity index is 1270. The number of imide groups is 1. The second kappa shape index (κ2) is 17.4. The van der Waals surface area contributed by atoms with Crippen LogP contribution in [-0.4, -0.2) is 84.4 Å². The van der Waals surface area contributed by atoms with Crippen molar-refractivity contribution in [3.63, 3.8) is 0 Å². The number of carbonyl (C=O) groups is 3. The molecule has 1 aliphatic heterocycles. The molecule has 0 bridgehead atoms. The van der Waals surface area contributed by atoms with Gasteiger partial charge in [-0.05, 0) is 75.5 Å². The summed E-state index contributed by atoms with van der Waals surface area (Å²) >= 11 is 0. The number of amides is 3. The summed E-state index contributed by atoms with van der Waals surface area (Å²) in [5, 5.41) is 5.61. The molecule has 0 spiro atoms. The van der Waals surface area contributed by atoms with Crippen molar-refractivity contribution >= 4 is 17.7 Å². The van der Waals surface area contributed by atoms with Crippen molar-refractivity contribution in [2.75, 3.05) is 39.8 Å². The van der Waals surface area contributed by atoms with Gasteiger partial charge in [0, 0.05) is 36.8 Å². The van der Waals surface area contributed by atoms with Crippen molar-refractivity contribution in [3.05, 3.63) is 102 Å². The highest BCUT2D eigenvalue weighted by Gasteiger charge is 2.27. The molecule has 1 fully saturated rings. The fraction of sp³-hybridized carbons (Fsp3) is 0.429. The van der Waals surface area contributed by atoms with Crippen molar-refractivity contribution in [1.82, 2.24) is 25.4 Å². The average Bonchev–Trinajstić information content (AvgIpc) is 3.47. The van der Waals surface area contributed by atoms with Crippen molar-refractivity contribution in [1.29, 1.82) is 0 Å². The summed E-state index contributed by atoms with van der Waals surface area (Å²) < 4.78 is 0. The van der Waals surface area contributed by atoms with Gasteiger partial charge in [-0.1, -0.05) is 66.7 Å². The van der Waals surface area contributed by atoms with E-state index in [0.29, 0.717) is 25.4 Å². The third-order valence-electron chi connectivity index (χ3n) is 8.39. The van der Waals surface area contributed by atoms with E-state index in [9.17, 15) is 14.4 Å². The lowest BCUT2D eigenvalue weighted by atomic mass is 9.88. The van der Waals surface area contributed by atoms with Gasteiger partial charge in [0.2, 0.25) is 17.7 Å². The first-order valence-electron chi connectivity index (χ1n) is 15.7. The van der Waals surface area contributed by atoms with Crippen LogP contribution >= 0.6 is 0 Å². The number of nitrogens with two attached hydrogens (primary N) is 1. The van der Waals surface area contributed by atoms with E-state index in [-0.39, 0.29) is 31.5 Å². The molecule has 234 valence electrons. The molecule has 9 heteroatoms. The van der Waals surface area contributed by atoms with E-state index in [1.807, 2.05) is 54.6 Å². The Balaban J connectivity index is 1.27. The van der Waals surface area contributed by atoms with Crippen LogP contribution in [0.15, 0.2) is 85.1 Å². The van der Waals surface area contributed by atoms with Crippen LogP contribution in [0.1, 0.15) is 54.8 Å². The Labute approximate surface area is 261 Å². The zero-order chi connectivity index (χ0) is 31.1. The van der Waals surface area contributed by atoms with Crippen molar-refractivity contribution < 1.29 is 14.4 Å². The summed E-state index contributed by atoms with van der Waals surface area (Å²) in [4.78, 5) is 47.0. The molecule has 1 aliphatic rings. The largest absolute Gasteiger partial charge is 0.332 e. The summed E-state index contributed by atoms with van der Waals surface area (Å²) in [7, 11) is 2.10. The monoisotopic (exact) mass is 598 g/mol. The number of carbonyl (C=O) groups excluding carboxylic acids is 3. The smallest absolute Gasteiger partial charge is 0.246 e. The van der Waals surface area contributed by atoms with Crippen LogP contribution in [0, 0.1) is 0 Å². The van der Waals surface area contributed by atoms with Crippen LogP contribution in [0.5, 0.6) is 0 Å². The summed E-state index contributed by atoms with van der Waals surface area (Å²) in [5.74, 6) is -1.06. The molecule has 2 heterocycles. The van der Waals surface area contributed by atoms with Gasteiger partial charge in [-0.3, -0.25) is 24.7 Å². The van der Waals surface area contributed by atoms with E-state index in [0.717, 1.165) is 37.9 Å². The molecule has 1 saturated heterocycles. The molecule has 0 saturated carbocycles. The third-order valence-corrected chi connectivity index (χ3v) is 8.39. The minimum absolute atomic E-state index is 0.00165. The van der Waals surface area contributed by atoms with E-state index in [4.69, 9.17) is 5.73 Å². The van der Waals surface area contributed by atoms with Crippen molar-refractivity contribution in [2.24, 2.45) is 5.73 Å². The van der Waals surface area contributed by atoms with Crippen LogP contribution in [0.3, 0.4) is 0 Å².